The molecule has 1 aliphatic heterocycles. The van der Waals surface area contributed by atoms with E-state index in [1.54, 1.807) is 6.33 Å². The first-order valence-corrected chi connectivity index (χ1v) is 6.74. The average molecular weight is 260 g/mol. The molecule has 1 fully saturated rings. The maximum Gasteiger partial charge on any atom is 0.229 e. The van der Waals surface area contributed by atoms with Gasteiger partial charge in [0.25, 0.3) is 0 Å². The maximum atomic E-state index is 4.46. The summed E-state index contributed by atoms with van der Waals surface area (Å²) in [6.07, 6.45) is 4.16. The lowest BCUT2D eigenvalue weighted by Gasteiger charge is -2.26. The number of rotatable bonds is 3. The van der Waals surface area contributed by atoms with Crippen molar-refractivity contribution in [2.75, 3.05) is 32.1 Å². The second-order valence-corrected chi connectivity index (χ2v) is 5.39. The SMILES string of the molecule is Cc1cc2ncnc(N(C)C[C@H]3CCCN3C)n2n1. The molecular weight excluding hydrogens is 240 g/mol. The quantitative estimate of drug-likeness (QED) is 0.823. The molecule has 6 heteroatoms. The fourth-order valence-electron chi connectivity index (χ4n) is 2.79. The van der Waals surface area contributed by atoms with Crippen LogP contribution in [-0.4, -0.2) is 57.7 Å². The Morgan fingerprint density at radius 2 is 2.26 bits per heavy atom. The lowest BCUT2D eigenvalue weighted by atomic mass is 10.2. The molecule has 0 spiro atoms. The molecule has 0 N–H and O–H groups in total. The normalized spacial score (nSPS) is 20.3. The molecule has 2 aromatic rings. The molecule has 1 aliphatic rings. The summed E-state index contributed by atoms with van der Waals surface area (Å²) in [5, 5.41) is 4.46. The second kappa shape index (κ2) is 4.77. The summed E-state index contributed by atoms with van der Waals surface area (Å²) in [4.78, 5) is 13.2. The number of nitrogens with zero attached hydrogens (tertiary/aromatic N) is 6. The van der Waals surface area contributed by atoms with E-state index in [1.165, 1.54) is 19.4 Å². The average Bonchev–Trinajstić information content (AvgIpc) is 2.94. The zero-order valence-corrected chi connectivity index (χ0v) is 11.7. The van der Waals surface area contributed by atoms with E-state index >= 15 is 0 Å². The number of aryl methyl sites for hydroxylation is 1. The Labute approximate surface area is 113 Å². The van der Waals surface area contributed by atoms with E-state index in [0.29, 0.717) is 6.04 Å². The van der Waals surface area contributed by atoms with E-state index in [2.05, 4.69) is 39.0 Å². The summed E-state index contributed by atoms with van der Waals surface area (Å²) in [6, 6.07) is 2.58. The van der Waals surface area contributed by atoms with Gasteiger partial charge in [0.05, 0.1) is 5.69 Å². The van der Waals surface area contributed by atoms with Gasteiger partial charge in [-0.1, -0.05) is 0 Å². The third kappa shape index (κ3) is 2.28. The highest BCUT2D eigenvalue weighted by Crippen LogP contribution is 2.18. The molecule has 0 saturated carbocycles. The predicted molar refractivity (Wildman–Crippen MR) is 74.4 cm³/mol. The zero-order chi connectivity index (χ0) is 13.4. The summed E-state index contributed by atoms with van der Waals surface area (Å²) in [5.74, 6) is 0.860. The van der Waals surface area contributed by atoms with Crippen molar-refractivity contribution in [2.45, 2.75) is 25.8 Å². The molecule has 19 heavy (non-hydrogen) atoms. The lowest BCUT2D eigenvalue weighted by molar-refractivity contribution is 0.313. The summed E-state index contributed by atoms with van der Waals surface area (Å²) < 4.78 is 1.82. The molecule has 1 atom stereocenters. The van der Waals surface area contributed by atoms with Gasteiger partial charge < -0.3 is 9.80 Å². The van der Waals surface area contributed by atoms with Crippen molar-refractivity contribution in [1.29, 1.82) is 0 Å². The molecule has 102 valence electrons. The molecule has 3 heterocycles. The van der Waals surface area contributed by atoms with Crippen molar-refractivity contribution < 1.29 is 0 Å². The van der Waals surface area contributed by atoms with Crippen LogP contribution < -0.4 is 4.90 Å². The van der Waals surface area contributed by atoms with Crippen molar-refractivity contribution in [3.63, 3.8) is 0 Å². The smallest absolute Gasteiger partial charge is 0.229 e. The molecule has 0 radical (unpaired) electrons. The van der Waals surface area contributed by atoms with Gasteiger partial charge in [-0.05, 0) is 33.4 Å². The lowest BCUT2D eigenvalue weighted by Crippen LogP contribution is -2.37. The second-order valence-electron chi connectivity index (χ2n) is 5.39. The number of likely N-dealkylation sites (N-methyl/N-ethyl adjacent to an activating group) is 2. The van der Waals surface area contributed by atoms with Crippen LogP contribution in [0.25, 0.3) is 5.65 Å². The first-order chi connectivity index (χ1) is 9.15. The Balaban J connectivity index is 1.86. The summed E-state index contributed by atoms with van der Waals surface area (Å²) in [6.45, 7) is 4.14. The number of hydrogen-bond acceptors (Lipinski definition) is 5. The van der Waals surface area contributed by atoms with Crippen LogP contribution in [0.5, 0.6) is 0 Å². The minimum absolute atomic E-state index is 0.603. The van der Waals surface area contributed by atoms with Crippen LogP contribution in [0.2, 0.25) is 0 Å². The Morgan fingerprint density at radius 1 is 1.42 bits per heavy atom. The van der Waals surface area contributed by atoms with Crippen LogP contribution in [-0.2, 0) is 0 Å². The maximum absolute atomic E-state index is 4.46. The first-order valence-electron chi connectivity index (χ1n) is 6.74. The summed E-state index contributed by atoms with van der Waals surface area (Å²) in [5.41, 5.74) is 1.82. The van der Waals surface area contributed by atoms with E-state index in [9.17, 15) is 0 Å². The molecule has 3 rings (SSSR count). The van der Waals surface area contributed by atoms with Crippen molar-refractivity contribution in [2.24, 2.45) is 0 Å². The van der Waals surface area contributed by atoms with Gasteiger partial charge in [0.15, 0.2) is 5.65 Å². The first kappa shape index (κ1) is 12.3. The Hall–Kier alpha value is -1.69. The van der Waals surface area contributed by atoms with Crippen LogP contribution in [0.4, 0.5) is 5.95 Å². The van der Waals surface area contributed by atoms with Crippen LogP contribution in [0, 0.1) is 6.92 Å². The van der Waals surface area contributed by atoms with Gasteiger partial charge in [-0.25, -0.2) is 9.97 Å². The zero-order valence-electron chi connectivity index (χ0n) is 11.7. The monoisotopic (exact) mass is 260 g/mol. The van der Waals surface area contributed by atoms with Crippen molar-refractivity contribution in [1.82, 2.24) is 24.5 Å². The number of likely N-dealkylation sites (tertiary alicyclic amines) is 1. The highest BCUT2D eigenvalue weighted by molar-refractivity contribution is 5.45. The highest BCUT2D eigenvalue weighted by Gasteiger charge is 2.23. The van der Waals surface area contributed by atoms with Gasteiger partial charge in [0, 0.05) is 25.7 Å². The van der Waals surface area contributed by atoms with Crippen LogP contribution in [0.15, 0.2) is 12.4 Å². The number of anilines is 1. The van der Waals surface area contributed by atoms with E-state index in [0.717, 1.165) is 23.8 Å². The van der Waals surface area contributed by atoms with E-state index in [4.69, 9.17) is 0 Å². The van der Waals surface area contributed by atoms with Gasteiger partial charge in [0.2, 0.25) is 5.95 Å². The number of fused-ring (bicyclic) bond motifs is 1. The minimum Gasteiger partial charge on any atom is -0.342 e. The van der Waals surface area contributed by atoms with Gasteiger partial charge in [-0.2, -0.15) is 9.61 Å². The predicted octanol–water partition coefficient (Wildman–Crippen LogP) is 0.963. The third-order valence-electron chi connectivity index (χ3n) is 3.86. The summed E-state index contributed by atoms with van der Waals surface area (Å²) >= 11 is 0. The fraction of sp³-hybridized carbons (Fsp3) is 0.615. The fourth-order valence-corrected chi connectivity index (χ4v) is 2.79. The standard InChI is InChI=1S/C13H20N6/c1-10-7-12-14-9-15-13(19(12)16-10)18(3)8-11-5-4-6-17(11)2/h7,9,11H,4-6,8H2,1-3H3/t11-/m1/s1. The van der Waals surface area contributed by atoms with Crippen LogP contribution in [0.3, 0.4) is 0 Å². The van der Waals surface area contributed by atoms with E-state index in [-0.39, 0.29) is 0 Å². The van der Waals surface area contributed by atoms with Gasteiger partial charge in [0.1, 0.15) is 6.33 Å². The van der Waals surface area contributed by atoms with Crippen molar-refractivity contribution in [3.05, 3.63) is 18.1 Å². The molecule has 0 bridgehead atoms. The highest BCUT2D eigenvalue weighted by atomic mass is 15.4. The minimum atomic E-state index is 0.603. The largest absolute Gasteiger partial charge is 0.342 e. The topological polar surface area (TPSA) is 49.6 Å². The molecule has 0 aromatic carbocycles. The molecule has 0 aliphatic carbocycles. The van der Waals surface area contributed by atoms with Gasteiger partial charge in [-0.3, -0.25) is 0 Å². The van der Waals surface area contributed by atoms with E-state index in [1.807, 2.05) is 17.5 Å². The van der Waals surface area contributed by atoms with Crippen LogP contribution in [0.1, 0.15) is 18.5 Å². The molecule has 0 amide bonds. The molecule has 0 unspecified atom stereocenters. The van der Waals surface area contributed by atoms with E-state index < -0.39 is 0 Å². The van der Waals surface area contributed by atoms with Crippen molar-refractivity contribution >= 4 is 11.6 Å². The molecule has 1 saturated heterocycles. The van der Waals surface area contributed by atoms with Crippen LogP contribution >= 0.6 is 0 Å². The van der Waals surface area contributed by atoms with Gasteiger partial charge in [-0.15, -0.1) is 0 Å². The number of aromatic nitrogens is 4. The van der Waals surface area contributed by atoms with Crippen molar-refractivity contribution in [3.8, 4) is 0 Å². The summed E-state index contributed by atoms with van der Waals surface area (Å²) in [7, 11) is 4.27. The third-order valence-corrected chi connectivity index (χ3v) is 3.86. The molecule has 2 aromatic heterocycles. The molecular formula is C13H20N6. The van der Waals surface area contributed by atoms with Gasteiger partial charge >= 0.3 is 0 Å². The Kier molecular flexibility index (Phi) is 3.10. The molecule has 6 nitrogen and oxygen atoms in total. The Morgan fingerprint density at radius 3 is 3.00 bits per heavy atom. The number of hydrogen-bond donors (Lipinski definition) is 0. The Bertz CT molecular complexity index is 578.